The first-order valence-corrected chi connectivity index (χ1v) is 8.45. The van der Waals surface area contributed by atoms with Crippen LogP contribution in [0.3, 0.4) is 0 Å². The van der Waals surface area contributed by atoms with Crippen molar-refractivity contribution in [1.29, 1.82) is 0 Å². The van der Waals surface area contributed by atoms with Crippen LogP contribution in [0, 0.1) is 0 Å². The summed E-state index contributed by atoms with van der Waals surface area (Å²) in [6.45, 7) is 0.494. The molecule has 1 heterocycles. The molecule has 0 saturated heterocycles. The molecule has 0 spiro atoms. The van der Waals surface area contributed by atoms with E-state index < -0.39 is 0 Å². The molecule has 0 aliphatic carbocycles. The van der Waals surface area contributed by atoms with Gasteiger partial charge in [0.1, 0.15) is 5.75 Å². The fourth-order valence-electron chi connectivity index (χ4n) is 2.70. The summed E-state index contributed by atoms with van der Waals surface area (Å²) in [6.07, 6.45) is 5.72. The maximum atomic E-state index is 12.4. The Morgan fingerprint density at radius 3 is 2.54 bits per heavy atom. The van der Waals surface area contributed by atoms with E-state index in [1.54, 1.807) is 36.7 Å². The third-order valence-electron chi connectivity index (χ3n) is 3.96. The van der Waals surface area contributed by atoms with E-state index in [9.17, 15) is 9.90 Å². The molecule has 0 fully saturated rings. The first kappa shape index (κ1) is 17.4. The van der Waals surface area contributed by atoms with Gasteiger partial charge in [-0.1, -0.05) is 48.5 Å². The van der Waals surface area contributed by atoms with Gasteiger partial charge in [-0.25, -0.2) is 0 Å². The van der Waals surface area contributed by atoms with Crippen LogP contribution < -0.4 is 5.32 Å². The first-order chi connectivity index (χ1) is 12.7. The number of nitrogens with one attached hydrogen (secondary N) is 1. The van der Waals surface area contributed by atoms with E-state index in [0.717, 1.165) is 22.3 Å². The highest BCUT2D eigenvalue weighted by Gasteiger charge is 2.08. The number of benzene rings is 2. The molecule has 3 aromatic rings. The van der Waals surface area contributed by atoms with Crippen molar-refractivity contribution < 1.29 is 9.90 Å². The van der Waals surface area contributed by atoms with Gasteiger partial charge in [-0.3, -0.25) is 9.78 Å². The Hall–Kier alpha value is -3.40. The number of aromatic nitrogens is 1. The summed E-state index contributed by atoms with van der Waals surface area (Å²) in [5, 5.41) is 12.4. The van der Waals surface area contributed by atoms with Crippen LogP contribution in [0.15, 0.2) is 85.2 Å². The Morgan fingerprint density at radius 2 is 1.81 bits per heavy atom. The number of hydrogen-bond acceptors (Lipinski definition) is 3. The SMILES string of the molecule is O=C(/C=C(\c1ccccc1)c1cccnc1)NCCc1cccc(O)c1. The average Bonchev–Trinajstić information content (AvgIpc) is 2.67. The quantitative estimate of drug-likeness (QED) is 0.672. The van der Waals surface area contributed by atoms with Gasteiger partial charge in [0.05, 0.1) is 0 Å². The van der Waals surface area contributed by atoms with Gasteiger partial charge in [-0.15, -0.1) is 0 Å². The predicted octanol–water partition coefficient (Wildman–Crippen LogP) is 3.58. The van der Waals surface area contributed by atoms with Crippen molar-refractivity contribution in [3.8, 4) is 5.75 Å². The molecule has 130 valence electrons. The molecule has 4 nitrogen and oxygen atoms in total. The largest absolute Gasteiger partial charge is 0.508 e. The molecule has 0 saturated carbocycles. The van der Waals surface area contributed by atoms with Gasteiger partial charge in [0.25, 0.3) is 0 Å². The Balaban J connectivity index is 1.72. The van der Waals surface area contributed by atoms with Gasteiger partial charge in [0, 0.05) is 30.6 Å². The summed E-state index contributed by atoms with van der Waals surface area (Å²) >= 11 is 0. The molecule has 0 unspecified atom stereocenters. The second kappa shape index (κ2) is 8.62. The van der Waals surface area contributed by atoms with Crippen molar-refractivity contribution in [2.24, 2.45) is 0 Å². The monoisotopic (exact) mass is 344 g/mol. The Labute approximate surface area is 152 Å². The van der Waals surface area contributed by atoms with E-state index in [-0.39, 0.29) is 11.7 Å². The average molecular weight is 344 g/mol. The summed E-state index contributed by atoms with van der Waals surface area (Å²) in [5.41, 5.74) is 3.66. The van der Waals surface area contributed by atoms with Crippen LogP contribution in [-0.2, 0) is 11.2 Å². The third-order valence-corrected chi connectivity index (χ3v) is 3.96. The van der Waals surface area contributed by atoms with Crippen LogP contribution >= 0.6 is 0 Å². The molecule has 0 aliphatic heterocycles. The Morgan fingerprint density at radius 1 is 1.00 bits per heavy atom. The lowest BCUT2D eigenvalue weighted by atomic mass is 9.99. The summed E-state index contributed by atoms with van der Waals surface area (Å²) in [4.78, 5) is 16.6. The Bertz CT molecular complexity index is 849. The molecule has 1 aromatic heterocycles. The summed E-state index contributed by atoms with van der Waals surface area (Å²) in [5.74, 6) is 0.0736. The second-order valence-electron chi connectivity index (χ2n) is 5.88. The number of aromatic hydroxyl groups is 1. The van der Waals surface area contributed by atoms with Gasteiger partial charge in [-0.05, 0) is 41.3 Å². The van der Waals surface area contributed by atoms with Gasteiger partial charge < -0.3 is 10.4 Å². The fourth-order valence-corrected chi connectivity index (χ4v) is 2.70. The van der Waals surface area contributed by atoms with Gasteiger partial charge >= 0.3 is 0 Å². The molecule has 3 rings (SSSR count). The molecule has 0 atom stereocenters. The lowest BCUT2D eigenvalue weighted by Crippen LogP contribution is -2.24. The first-order valence-electron chi connectivity index (χ1n) is 8.45. The number of phenols is 1. The third kappa shape index (κ3) is 4.80. The van der Waals surface area contributed by atoms with Crippen LogP contribution in [0.1, 0.15) is 16.7 Å². The molecule has 0 bridgehead atoms. The zero-order chi connectivity index (χ0) is 18.2. The van der Waals surface area contributed by atoms with Crippen molar-refractivity contribution in [1.82, 2.24) is 10.3 Å². The molecular weight excluding hydrogens is 324 g/mol. The van der Waals surface area contributed by atoms with Crippen LogP contribution in [0.25, 0.3) is 5.57 Å². The van der Waals surface area contributed by atoms with Crippen molar-refractivity contribution in [2.45, 2.75) is 6.42 Å². The fraction of sp³-hybridized carbons (Fsp3) is 0.0909. The lowest BCUT2D eigenvalue weighted by molar-refractivity contribution is -0.116. The van der Waals surface area contributed by atoms with Crippen molar-refractivity contribution in [3.05, 3.63) is 102 Å². The van der Waals surface area contributed by atoms with E-state index >= 15 is 0 Å². The standard InChI is InChI=1S/C22H20N2O2/c25-20-10-4-6-17(14-20)11-13-24-22(26)15-21(18-7-2-1-3-8-18)19-9-5-12-23-16-19/h1-10,12,14-16,25H,11,13H2,(H,24,26)/b21-15+. The van der Waals surface area contributed by atoms with Crippen molar-refractivity contribution in [3.63, 3.8) is 0 Å². The molecule has 0 aliphatic rings. The van der Waals surface area contributed by atoms with E-state index in [0.29, 0.717) is 13.0 Å². The topological polar surface area (TPSA) is 62.2 Å². The minimum Gasteiger partial charge on any atom is -0.508 e. The van der Waals surface area contributed by atoms with E-state index in [1.165, 1.54) is 0 Å². The number of carbonyl (C=O) groups is 1. The summed E-state index contributed by atoms with van der Waals surface area (Å²) in [7, 11) is 0. The van der Waals surface area contributed by atoms with Gasteiger partial charge in [-0.2, -0.15) is 0 Å². The summed E-state index contributed by atoms with van der Waals surface area (Å²) in [6, 6.07) is 20.6. The lowest BCUT2D eigenvalue weighted by Gasteiger charge is -2.09. The zero-order valence-corrected chi connectivity index (χ0v) is 14.3. The normalized spacial score (nSPS) is 11.2. The maximum Gasteiger partial charge on any atom is 0.244 e. The highest BCUT2D eigenvalue weighted by atomic mass is 16.3. The van der Waals surface area contributed by atoms with Crippen LogP contribution in [0.4, 0.5) is 0 Å². The number of rotatable bonds is 6. The minimum absolute atomic E-state index is 0.159. The number of phenolic OH excluding ortho intramolecular Hbond substituents is 1. The van der Waals surface area contributed by atoms with E-state index in [4.69, 9.17) is 0 Å². The summed E-state index contributed by atoms with van der Waals surface area (Å²) < 4.78 is 0. The highest BCUT2D eigenvalue weighted by molar-refractivity contribution is 5.99. The number of nitrogens with zero attached hydrogens (tertiary/aromatic N) is 1. The number of pyridine rings is 1. The molecule has 26 heavy (non-hydrogen) atoms. The minimum atomic E-state index is -0.159. The smallest absolute Gasteiger partial charge is 0.244 e. The van der Waals surface area contributed by atoms with Crippen LogP contribution in [0.5, 0.6) is 5.75 Å². The van der Waals surface area contributed by atoms with E-state index in [2.05, 4.69) is 10.3 Å². The predicted molar refractivity (Wildman–Crippen MR) is 103 cm³/mol. The highest BCUT2D eigenvalue weighted by Crippen LogP contribution is 2.22. The van der Waals surface area contributed by atoms with Crippen LogP contribution in [-0.4, -0.2) is 22.5 Å². The van der Waals surface area contributed by atoms with E-state index in [1.807, 2.05) is 48.5 Å². The molecule has 0 radical (unpaired) electrons. The molecular formula is C22H20N2O2. The number of amides is 1. The number of carbonyl (C=O) groups excluding carboxylic acids is 1. The maximum absolute atomic E-state index is 12.4. The zero-order valence-electron chi connectivity index (χ0n) is 14.3. The van der Waals surface area contributed by atoms with Gasteiger partial charge in [0.2, 0.25) is 5.91 Å². The van der Waals surface area contributed by atoms with Crippen molar-refractivity contribution in [2.75, 3.05) is 6.54 Å². The molecule has 4 heteroatoms. The molecule has 2 aromatic carbocycles. The van der Waals surface area contributed by atoms with Crippen molar-refractivity contribution >= 4 is 11.5 Å². The number of hydrogen-bond donors (Lipinski definition) is 2. The molecule has 2 N–H and O–H groups in total. The second-order valence-corrected chi connectivity index (χ2v) is 5.88. The Kier molecular flexibility index (Phi) is 5.78. The molecule has 1 amide bonds. The van der Waals surface area contributed by atoms with Gasteiger partial charge in [0.15, 0.2) is 0 Å². The van der Waals surface area contributed by atoms with Crippen LogP contribution in [0.2, 0.25) is 0 Å².